The Bertz CT molecular complexity index is 352. The molecule has 0 spiro atoms. The van der Waals surface area contributed by atoms with E-state index in [9.17, 15) is 0 Å². The normalized spacial score (nSPS) is 10.9. The fourth-order valence-electron chi connectivity index (χ4n) is 1.98. The third-order valence-electron chi connectivity index (χ3n) is 2.99. The van der Waals surface area contributed by atoms with Crippen molar-refractivity contribution in [3.63, 3.8) is 0 Å². The first kappa shape index (κ1) is 15.0. The Kier molecular flexibility index (Phi) is 6.76. The van der Waals surface area contributed by atoms with Crippen LogP contribution in [0.15, 0.2) is 18.2 Å². The third kappa shape index (κ3) is 4.67. The zero-order chi connectivity index (χ0) is 13.4. The maximum atomic E-state index is 8.81. The number of nitrogens with zero attached hydrogens (tertiary/aromatic N) is 1. The van der Waals surface area contributed by atoms with Gasteiger partial charge in [-0.1, -0.05) is 26.0 Å². The van der Waals surface area contributed by atoms with Crippen molar-refractivity contribution in [3.8, 4) is 5.75 Å². The Balaban J connectivity index is 2.70. The molecular weight excluding hydrogens is 226 g/mol. The summed E-state index contributed by atoms with van der Waals surface area (Å²) in [4.78, 5) is 2.42. The van der Waals surface area contributed by atoms with Crippen molar-refractivity contribution in [1.29, 1.82) is 0 Å². The number of ether oxygens (including phenoxy) is 1. The van der Waals surface area contributed by atoms with E-state index in [4.69, 9.17) is 9.84 Å². The van der Waals surface area contributed by atoms with Gasteiger partial charge >= 0.3 is 0 Å². The summed E-state index contributed by atoms with van der Waals surface area (Å²) in [5, 5.41) is 8.81. The molecule has 0 aromatic heterocycles. The predicted octanol–water partition coefficient (Wildman–Crippen LogP) is 2.60. The van der Waals surface area contributed by atoms with Gasteiger partial charge in [-0.3, -0.25) is 4.90 Å². The molecule has 1 aromatic rings. The molecule has 1 N–H and O–H groups in total. The summed E-state index contributed by atoms with van der Waals surface area (Å²) in [7, 11) is 0. The first-order chi connectivity index (χ1) is 8.71. The van der Waals surface area contributed by atoms with Crippen LogP contribution in [0.2, 0.25) is 0 Å². The maximum absolute atomic E-state index is 8.81. The molecule has 0 amide bonds. The third-order valence-corrected chi connectivity index (χ3v) is 2.99. The highest BCUT2D eigenvalue weighted by Crippen LogP contribution is 2.20. The molecule has 0 unspecified atom stereocenters. The van der Waals surface area contributed by atoms with E-state index in [-0.39, 0.29) is 6.61 Å². The minimum absolute atomic E-state index is 0.0561. The van der Waals surface area contributed by atoms with Gasteiger partial charge in [-0.25, -0.2) is 0 Å². The molecule has 0 aliphatic heterocycles. The maximum Gasteiger partial charge on any atom is 0.122 e. The van der Waals surface area contributed by atoms with Crippen molar-refractivity contribution in [2.24, 2.45) is 0 Å². The lowest BCUT2D eigenvalue weighted by atomic mass is 10.1. The number of hydrogen-bond donors (Lipinski definition) is 1. The summed E-state index contributed by atoms with van der Waals surface area (Å²) in [6.07, 6.45) is 1.17. The van der Waals surface area contributed by atoms with E-state index in [1.54, 1.807) is 0 Å². The summed E-state index contributed by atoms with van der Waals surface area (Å²) in [5.41, 5.74) is 2.38. The van der Waals surface area contributed by atoms with Crippen molar-refractivity contribution in [3.05, 3.63) is 29.3 Å². The van der Waals surface area contributed by atoms with Gasteiger partial charge in [-0.2, -0.15) is 0 Å². The number of hydrogen-bond acceptors (Lipinski definition) is 3. The number of aliphatic hydroxyl groups excluding tert-OH is 1. The second kappa shape index (κ2) is 8.11. The molecule has 0 saturated heterocycles. The van der Waals surface area contributed by atoms with E-state index in [1.807, 2.05) is 6.92 Å². The van der Waals surface area contributed by atoms with Gasteiger partial charge in [0, 0.05) is 6.54 Å². The molecule has 18 heavy (non-hydrogen) atoms. The minimum Gasteiger partial charge on any atom is -0.491 e. The molecule has 0 fully saturated rings. The van der Waals surface area contributed by atoms with Gasteiger partial charge in [0.25, 0.3) is 0 Å². The Morgan fingerprint density at radius 2 is 2.06 bits per heavy atom. The molecule has 0 saturated carbocycles. The zero-order valence-corrected chi connectivity index (χ0v) is 11.8. The molecule has 3 heteroatoms. The van der Waals surface area contributed by atoms with Gasteiger partial charge in [0.05, 0.1) is 6.61 Å². The second-order valence-corrected chi connectivity index (χ2v) is 4.54. The number of benzene rings is 1. The standard InChI is InChI=1S/C15H25NO2/c1-4-8-16(5-2)12-14-7-6-13(3)15(11-14)18-10-9-17/h6-7,11,17H,4-5,8-10,12H2,1-3H3. The molecule has 1 aromatic carbocycles. The van der Waals surface area contributed by atoms with E-state index in [0.29, 0.717) is 6.61 Å². The molecule has 0 aliphatic carbocycles. The van der Waals surface area contributed by atoms with Crippen LogP contribution in [-0.2, 0) is 6.54 Å². The molecule has 3 nitrogen and oxygen atoms in total. The fraction of sp³-hybridized carbons (Fsp3) is 0.600. The second-order valence-electron chi connectivity index (χ2n) is 4.54. The molecule has 1 rings (SSSR count). The van der Waals surface area contributed by atoms with Crippen LogP contribution in [0.3, 0.4) is 0 Å². The van der Waals surface area contributed by atoms with Crippen molar-refractivity contribution < 1.29 is 9.84 Å². The molecule has 0 bridgehead atoms. The lowest BCUT2D eigenvalue weighted by Crippen LogP contribution is -2.23. The highest BCUT2D eigenvalue weighted by atomic mass is 16.5. The predicted molar refractivity (Wildman–Crippen MR) is 75.0 cm³/mol. The number of aliphatic hydroxyl groups is 1. The van der Waals surface area contributed by atoms with Gasteiger partial charge in [-0.15, -0.1) is 0 Å². The van der Waals surface area contributed by atoms with Crippen LogP contribution in [0.5, 0.6) is 5.75 Å². The van der Waals surface area contributed by atoms with Gasteiger partial charge in [0.1, 0.15) is 12.4 Å². The first-order valence-corrected chi connectivity index (χ1v) is 6.76. The topological polar surface area (TPSA) is 32.7 Å². The summed E-state index contributed by atoms with van der Waals surface area (Å²) < 4.78 is 5.53. The quantitative estimate of drug-likeness (QED) is 0.771. The zero-order valence-electron chi connectivity index (χ0n) is 11.8. The summed E-state index contributed by atoms with van der Waals surface area (Å²) in [5.74, 6) is 0.883. The van der Waals surface area contributed by atoms with Crippen LogP contribution in [0.4, 0.5) is 0 Å². The van der Waals surface area contributed by atoms with Crippen LogP contribution in [0.1, 0.15) is 31.4 Å². The van der Waals surface area contributed by atoms with E-state index >= 15 is 0 Å². The van der Waals surface area contributed by atoms with Crippen LogP contribution in [0, 0.1) is 6.92 Å². The van der Waals surface area contributed by atoms with Crippen molar-refractivity contribution in [2.75, 3.05) is 26.3 Å². The monoisotopic (exact) mass is 251 g/mol. The van der Waals surface area contributed by atoms with E-state index in [0.717, 1.165) is 30.9 Å². The molecule has 0 atom stereocenters. The lowest BCUT2D eigenvalue weighted by Gasteiger charge is -2.20. The summed E-state index contributed by atoms with van der Waals surface area (Å²) in [6.45, 7) is 9.98. The lowest BCUT2D eigenvalue weighted by molar-refractivity contribution is 0.200. The van der Waals surface area contributed by atoms with Gasteiger partial charge in [0.15, 0.2) is 0 Å². The summed E-state index contributed by atoms with van der Waals surface area (Å²) >= 11 is 0. The molecule has 0 aliphatic rings. The minimum atomic E-state index is 0.0561. The average Bonchev–Trinajstić information content (AvgIpc) is 2.38. The smallest absolute Gasteiger partial charge is 0.122 e. The van der Waals surface area contributed by atoms with E-state index < -0.39 is 0 Å². The molecule has 0 heterocycles. The van der Waals surface area contributed by atoms with Crippen molar-refractivity contribution in [1.82, 2.24) is 4.90 Å². The van der Waals surface area contributed by atoms with E-state index in [1.165, 1.54) is 12.0 Å². The Morgan fingerprint density at radius 1 is 1.28 bits per heavy atom. The Morgan fingerprint density at radius 3 is 2.67 bits per heavy atom. The van der Waals surface area contributed by atoms with Gasteiger partial charge in [0.2, 0.25) is 0 Å². The Hall–Kier alpha value is -1.06. The fourth-order valence-corrected chi connectivity index (χ4v) is 1.98. The number of aryl methyl sites for hydroxylation is 1. The average molecular weight is 251 g/mol. The first-order valence-electron chi connectivity index (χ1n) is 6.76. The Labute approximate surface area is 110 Å². The van der Waals surface area contributed by atoms with Crippen LogP contribution in [-0.4, -0.2) is 36.3 Å². The van der Waals surface area contributed by atoms with Crippen LogP contribution in [0.25, 0.3) is 0 Å². The van der Waals surface area contributed by atoms with Crippen LogP contribution >= 0.6 is 0 Å². The van der Waals surface area contributed by atoms with E-state index in [2.05, 4.69) is 36.9 Å². The highest BCUT2D eigenvalue weighted by molar-refractivity contribution is 5.36. The SMILES string of the molecule is CCCN(CC)Cc1ccc(C)c(OCCO)c1. The molecule has 102 valence electrons. The largest absolute Gasteiger partial charge is 0.491 e. The van der Waals surface area contributed by atoms with Crippen molar-refractivity contribution in [2.45, 2.75) is 33.7 Å². The van der Waals surface area contributed by atoms with Gasteiger partial charge < -0.3 is 9.84 Å². The van der Waals surface area contributed by atoms with Crippen LogP contribution < -0.4 is 4.74 Å². The molecule has 0 radical (unpaired) electrons. The highest BCUT2D eigenvalue weighted by Gasteiger charge is 2.05. The molecular formula is C15H25NO2. The number of rotatable bonds is 8. The van der Waals surface area contributed by atoms with Gasteiger partial charge in [-0.05, 0) is 43.6 Å². The van der Waals surface area contributed by atoms with Crippen molar-refractivity contribution >= 4 is 0 Å². The summed E-state index contributed by atoms with van der Waals surface area (Å²) in [6, 6.07) is 6.32.